The molecular formula is C14H15N. The van der Waals surface area contributed by atoms with Crippen molar-refractivity contribution in [1.82, 2.24) is 4.98 Å². The lowest BCUT2D eigenvalue weighted by Crippen LogP contribution is -2.30. The van der Waals surface area contributed by atoms with E-state index >= 15 is 0 Å². The van der Waals surface area contributed by atoms with E-state index in [2.05, 4.69) is 55.2 Å². The molecule has 0 saturated carbocycles. The van der Waals surface area contributed by atoms with Gasteiger partial charge in [0.15, 0.2) is 0 Å². The number of hydrogen-bond acceptors (Lipinski definition) is 0. The van der Waals surface area contributed by atoms with Gasteiger partial charge in [-0.05, 0) is 17.9 Å². The van der Waals surface area contributed by atoms with Crippen LogP contribution in [0, 0.1) is 11.8 Å². The Morgan fingerprint density at radius 3 is 2.60 bits per heavy atom. The molecule has 0 bridgehead atoms. The van der Waals surface area contributed by atoms with Gasteiger partial charge in [-0.1, -0.05) is 44.2 Å². The fraction of sp³-hybridized carbons (Fsp3) is 0.286. The maximum absolute atomic E-state index is 3.48. The van der Waals surface area contributed by atoms with E-state index in [1.165, 1.54) is 21.5 Å². The number of fused-ring (bicyclic) bond motifs is 3. The van der Waals surface area contributed by atoms with Gasteiger partial charge < -0.3 is 4.98 Å². The van der Waals surface area contributed by atoms with E-state index in [1.807, 2.05) is 0 Å². The first kappa shape index (κ1) is 8.78. The van der Waals surface area contributed by atoms with Crippen molar-refractivity contribution in [2.24, 2.45) is 11.8 Å². The molecule has 15 heavy (non-hydrogen) atoms. The van der Waals surface area contributed by atoms with Crippen LogP contribution < -0.4 is 10.6 Å². The van der Waals surface area contributed by atoms with Crippen LogP contribution in [0.4, 0.5) is 0 Å². The number of aromatic nitrogens is 1. The summed E-state index contributed by atoms with van der Waals surface area (Å²) in [5, 5.41) is 4.03. The maximum Gasteiger partial charge on any atom is 0.0464 e. The van der Waals surface area contributed by atoms with Gasteiger partial charge in [-0.2, -0.15) is 0 Å². The van der Waals surface area contributed by atoms with Crippen molar-refractivity contribution in [1.29, 1.82) is 0 Å². The molecule has 0 saturated heterocycles. The van der Waals surface area contributed by atoms with Crippen molar-refractivity contribution >= 4 is 23.1 Å². The van der Waals surface area contributed by atoms with Crippen LogP contribution in [-0.2, 0) is 0 Å². The molecule has 1 aromatic carbocycles. The zero-order valence-corrected chi connectivity index (χ0v) is 9.12. The van der Waals surface area contributed by atoms with Crippen molar-refractivity contribution in [3.8, 4) is 0 Å². The molecule has 0 radical (unpaired) electrons. The lowest BCUT2D eigenvalue weighted by Gasteiger charge is -2.14. The number of hydrogen-bond donors (Lipinski definition) is 1. The second kappa shape index (κ2) is 2.99. The Kier molecular flexibility index (Phi) is 1.75. The molecule has 2 unspecified atom stereocenters. The van der Waals surface area contributed by atoms with Gasteiger partial charge in [0.25, 0.3) is 0 Å². The lowest BCUT2D eigenvalue weighted by molar-refractivity contribution is 0.607. The van der Waals surface area contributed by atoms with Crippen LogP contribution in [-0.4, -0.2) is 4.98 Å². The molecule has 3 rings (SSSR count). The molecule has 1 N–H and O–H groups in total. The van der Waals surface area contributed by atoms with E-state index in [9.17, 15) is 0 Å². The molecule has 0 fully saturated rings. The van der Waals surface area contributed by atoms with E-state index in [4.69, 9.17) is 0 Å². The van der Waals surface area contributed by atoms with E-state index < -0.39 is 0 Å². The van der Waals surface area contributed by atoms with Crippen molar-refractivity contribution in [2.75, 3.05) is 0 Å². The standard InChI is InChI=1S/C14H15N/c1-9-7-12-11-5-3-4-6-13(11)15-14(12)8-10(9)2/h3-10,15H,1-2H3. The molecule has 1 nitrogen and oxygen atoms in total. The van der Waals surface area contributed by atoms with Crippen molar-refractivity contribution in [2.45, 2.75) is 13.8 Å². The fourth-order valence-electron chi connectivity index (χ4n) is 2.32. The Bertz CT molecular complexity index is 618. The molecular weight excluding hydrogens is 182 g/mol. The summed E-state index contributed by atoms with van der Waals surface area (Å²) in [5.41, 5.74) is 1.25. The number of rotatable bonds is 0. The van der Waals surface area contributed by atoms with E-state index in [1.54, 1.807) is 0 Å². The van der Waals surface area contributed by atoms with Gasteiger partial charge in [0.05, 0.1) is 0 Å². The molecule has 2 aromatic rings. The molecule has 76 valence electrons. The van der Waals surface area contributed by atoms with Gasteiger partial charge in [-0.15, -0.1) is 0 Å². The molecule has 2 atom stereocenters. The highest BCUT2D eigenvalue weighted by molar-refractivity contribution is 5.81. The fourth-order valence-corrected chi connectivity index (χ4v) is 2.32. The third-order valence-corrected chi connectivity index (χ3v) is 3.47. The van der Waals surface area contributed by atoms with Gasteiger partial charge in [0, 0.05) is 21.5 Å². The minimum absolute atomic E-state index is 0.630. The molecule has 1 heteroatoms. The normalized spacial score (nSPS) is 24.4. The van der Waals surface area contributed by atoms with Crippen LogP contribution in [0.25, 0.3) is 23.1 Å². The Balaban J connectivity index is 2.49. The zero-order valence-electron chi connectivity index (χ0n) is 9.12. The second-order valence-corrected chi connectivity index (χ2v) is 4.55. The van der Waals surface area contributed by atoms with Gasteiger partial charge in [-0.3, -0.25) is 0 Å². The first-order chi connectivity index (χ1) is 7.25. The Morgan fingerprint density at radius 2 is 1.73 bits per heavy atom. The maximum atomic E-state index is 3.48. The number of para-hydroxylation sites is 1. The van der Waals surface area contributed by atoms with Crippen LogP contribution in [0.3, 0.4) is 0 Å². The number of benzene rings is 1. The molecule has 1 aliphatic rings. The highest BCUT2D eigenvalue weighted by atomic mass is 14.7. The quantitative estimate of drug-likeness (QED) is 0.665. The third kappa shape index (κ3) is 1.23. The average molecular weight is 197 g/mol. The van der Waals surface area contributed by atoms with E-state index in [-0.39, 0.29) is 0 Å². The van der Waals surface area contributed by atoms with Gasteiger partial charge >= 0.3 is 0 Å². The van der Waals surface area contributed by atoms with Crippen molar-refractivity contribution in [3.63, 3.8) is 0 Å². The second-order valence-electron chi connectivity index (χ2n) is 4.55. The number of aromatic amines is 1. The van der Waals surface area contributed by atoms with Crippen LogP contribution in [0.1, 0.15) is 13.8 Å². The highest BCUT2D eigenvalue weighted by Gasteiger charge is 2.12. The minimum Gasteiger partial charge on any atom is -0.355 e. The van der Waals surface area contributed by atoms with E-state index in [0.717, 1.165) is 0 Å². The summed E-state index contributed by atoms with van der Waals surface area (Å²) in [6.45, 7) is 4.56. The summed E-state index contributed by atoms with van der Waals surface area (Å²) in [5.74, 6) is 1.27. The largest absolute Gasteiger partial charge is 0.355 e. The summed E-state index contributed by atoms with van der Waals surface area (Å²) in [7, 11) is 0. The lowest BCUT2D eigenvalue weighted by atomic mass is 9.91. The molecule has 1 aliphatic carbocycles. The average Bonchev–Trinajstić information content (AvgIpc) is 2.57. The Labute approximate surface area is 89.1 Å². The van der Waals surface area contributed by atoms with Crippen LogP contribution >= 0.6 is 0 Å². The van der Waals surface area contributed by atoms with Crippen molar-refractivity contribution in [3.05, 3.63) is 34.8 Å². The smallest absolute Gasteiger partial charge is 0.0464 e. The summed E-state index contributed by atoms with van der Waals surface area (Å²) >= 11 is 0. The summed E-state index contributed by atoms with van der Waals surface area (Å²) in [6, 6.07) is 8.52. The number of nitrogens with one attached hydrogen (secondary N) is 1. The number of H-pyrrole nitrogens is 1. The van der Waals surface area contributed by atoms with Crippen LogP contribution in [0.2, 0.25) is 0 Å². The molecule has 1 heterocycles. The molecule has 0 spiro atoms. The van der Waals surface area contributed by atoms with Crippen LogP contribution in [0.15, 0.2) is 24.3 Å². The molecule has 0 aliphatic heterocycles. The monoisotopic (exact) mass is 197 g/mol. The summed E-state index contributed by atoms with van der Waals surface area (Å²) in [6.07, 6.45) is 4.73. The summed E-state index contributed by atoms with van der Waals surface area (Å²) < 4.78 is 0. The third-order valence-electron chi connectivity index (χ3n) is 3.47. The Morgan fingerprint density at radius 1 is 1.00 bits per heavy atom. The first-order valence-corrected chi connectivity index (χ1v) is 5.56. The van der Waals surface area contributed by atoms with Gasteiger partial charge in [0.2, 0.25) is 0 Å². The zero-order chi connectivity index (χ0) is 10.4. The SMILES string of the molecule is CC1C=c2[nH]c3ccccc3c2=CC1C. The predicted octanol–water partition coefficient (Wildman–Crippen LogP) is 2.01. The van der Waals surface area contributed by atoms with Crippen molar-refractivity contribution < 1.29 is 0 Å². The van der Waals surface area contributed by atoms with E-state index in [0.29, 0.717) is 11.8 Å². The van der Waals surface area contributed by atoms with Gasteiger partial charge in [0.1, 0.15) is 0 Å². The predicted molar refractivity (Wildman–Crippen MR) is 64.8 cm³/mol. The summed E-state index contributed by atoms with van der Waals surface area (Å²) in [4.78, 5) is 3.48. The van der Waals surface area contributed by atoms with Gasteiger partial charge in [-0.25, -0.2) is 0 Å². The first-order valence-electron chi connectivity index (χ1n) is 5.56. The molecule has 1 aromatic heterocycles. The Hall–Kier alpha value is -1.50. The van der Waals surface area contributed by atoms with Crippen LogP contribution in [0.5, 0.6) is 0 Å². The molecule has 0 amide bonds. The minimum atomic E-state index is 0.630. The highest BCUT2D eigenvalue weighted by Crippen LogP contribution is 2.16. The topological polar surface area (TPSA) is 15.8 Å².